The molecule has 4 rings (SSSR count). The van der Waals surface area contributed by atoms with Gasteiger partial charge < -0.3 is 9.64 Å². The third-order valence-electron chi connectivity index (χ3n) is 5.05. The van der Waals surface area contributed by atoms with Crippen molar-refractivity contribution in [1.29, 1.82) is 5.26 Å². The Kier molecular flexibility index (Phi) is 5.52. The largest absolute Gasteiger partial charge is 0.496 e. The minimum atomic E-state index is -0.351. The van der Waals surface area contributed by atoms with Gasteiger partial charge in [0, 0.05) is 28.1 Å². The number of benzene rings is 2. The number of nitriles is 1. The first kappa shape index (κ1) is 19.8. The molecule has 0 radical (unpaired) electrons. The maximum absolute atomic E-state index is 13.2. The Morgan fingerprint density at radius 3 is 2.72 bits per heavy atom. The number of anilines is 1. The number of carbonyl (C=O) groups excluding carboxylic acids is 1. The quantitative estimate of drug-likeness (QED) is 0.639. The van der Waals surface area contributed by atoms with Crippen LogP contribution in [0.2, 0.25) is 0 Å². The van der Waals surface area contributed by atoms with E-state index >= 15 is 0 Å². The van der Waals surface area contributed by atoms with E-state index in [2.05, 4.69) is 22.0 Å². The number of nitrogens with zero attached hydrogens (tertiary/aromatic N) is 3. The summed E-state index contributed by atoms with van der Waals surface area (Å²) in [5, 5.41) is 10.6. The van der Waals surface area contributed by atoms with E-state index in [0.717, 1.165) is 15.7 Å². The van der Waals surface area contributed by atoms with E-state index < -0.39 is 0 Å². The maximum atomic E-state index is 13.2. The number of hydrogen-bond donors (Lipinski definition) is 0. The van der Waals surface area contributed by atoms with Crippen LogP contribution in [0.5, 0.6) is 5.75 Å². The SMILES string of the molecule is COc1ccc(Br)cc1[C@@H]1CC(=O)N2CN(c3ccc(F)cc3)CSC2=C1C#N. The van der Waals surface area contributed by atoms with Crippen molar-refractivity contribution in [2.24, 2.45) is 0 Å². The van der Waals surface area contributed by atoms with Gasteiger partial charge in [0.15, 0.2) is 0 Å². The monoisotopic (exact) mass is 473 g/mol. The van der Waals surface area contributed by atoms with E-state index in [9.17, 15) is 14.4 Å². The van der Waals surface area contributed by atoms with Crippen molar-refractivity contribution in [2.45, 2.75) is 12.3 Å². The number of fused-ring (bicyclic) bond motifs is 1. The molecule has 5 nitrogen and oxygen atoms in total. The number of ether oxygens (including phenoxy) is 1. The summed E-state index contributed by atoms with van der Waals surface area (Å²) in [5.74, 6) is 0.520. The molecule has 1 atom stereocenters. The second-order valence-corrected chi connectivity index (χ2v) is 8.58. The Labute approximate surface area is 180 Å². The minimum Gasteiger partial charge on any atom is -0.496 e. The molecule has 2 aliphatic heterocycles. The van der Waals surface area contributed by atoms with Crippen LogP contribution in [-0.4, -0.2) is 30.5 Å². The van der Waals surface area contributed by atoms with Gasteiger partial charge in [-0.3, -0.25) is 9.69 Å². The number of halogens is 2. The Hall–Kier alpha value is -2.50. The highest BCUT2D eigenvalue weighted by molar-refractivity contribution is 9.10. The van der Waals surface area contributed by atoms with E-state index in [4.69, 9.17) is 4.74 Å². The molecule has 2 aromatic carbocycles. The first-order valence-electron chi connectivity index (χ1n) is 8.93. The summed E-state index contributed by atoms with van der Waals surface area (Å²) in [6.07, 6.45) is 0.191. The predicted octanol–water partition coefficient (Wildman–Crippen LogP) is 4.82. The Bertz CT molecular complexity index is 1040. The third-order valence-corrected chi connectivity index (χ3v) is 6.70. The molecule has 1 amide bonds. The zero-order valence-corrected chi connectivity index (χ0v) is 18.0. The minimum absolute atomic E-state index is 0.0506. The van der Waals surface area contributed by atoms with Crippen molar-refractivity contribution in [3.8, 4) is 11.8 Å². The molecule has 0 saturated carbocycles. The van der Waals surface area contributed by atoms with Crippen molar-refractivity contribution in [1.82, 2.24) is 4.90 Å². The zero-order valence-electron chi connectivity index (χ0n) is 15.6. The van der Waals surface area contributed by atoms with Crippen molar-refractivity contribution in [2.75, 3.05) is 24.6 Å². The molecule has 2 heterocycles. The summed E-state index contributed by atoms with van der Waals surface area (Å²) >= 11 is 4.92. The predicted molar refractivity (Wildman–Crippen MR) is 114 cm³/mol. The molecule has 0 N–H and O–H groups in total. The van der Waals surface area contributed by atoms with Crippen molar-refractivity contribution >= 4 is 39.3 Å². The topological polar surface area (TPSA) is 56.6 Å². The molecule has 2 aromatic rings. The van der Waals surface area contributed by atoms with E-state index in [0.29, 0.717) is 28.9 Å². The van der Waals surface area contributed by atoms with Crippen LogP contribution in [-0.2, 0) is 4.79 Å². The fraction of sp³-hybridized carbons (Fsp3) is 0.238. The van der Waals surface area contributed by atoms with Gasteiger partial charge in [0.1, 0.15) is 11.6 Å². The molecule has 1 fully saturated rings. The van der Waals surface area contributed by atoms with Gasteiger partial charge in [-0.05, 0) is 42.5 Å². The van der Waals surface area contributed by atoms with Gasteiger partial charge in [0.05, 0.1) is 36.3 Å². The lowest BCUT2D eigenvalue weighted by molar-refractivity contribution is -0.129. The van der Waals surface area contributed by atoms with Crippen LogP contribution in [0.25, 0.3) is 0 Å². The summed E-state index contributed by atoms with van der Waals surface area (Å²) in [7, 11) is 1.58. The second-order valence-electron chi connectivity index (χ2n) is 6.73. The highest BCUT2D eigenvalue weighted by Crippen LogP contribution is 2.45. The molecular weight excluding hydrogens is 457 g/mol. The fourth-order valence-corrected chi connectivity index (χ4v) is 5.17. The lowest BCUT2D eigenvalue weighted by atomic mass is 9.86. The van der Waals surface area contributed by atoms with Crippen LogP contribution in [0.3, 0.4) is 0 Å². The number of rotatable bonds is 3. The number of methoxy groups -OCH3 is 1. The van der Waals surface area contributed by atoms with Crippen LogP contribution < -0.4 is 9.64 Å². The van der Waals surface area contributed by atoms with Gasteiger partial charge in [-0.1, -0.05) is 27.7 Å². The molecular formula is C21H17BrFN3O2S. The van der Waals surface area contributed by atoms with Gasteiger partial charge in [0.25, 0.3) is 0 Å². The van der Waals surface area contributed by atoms with E-state index in [1.165, 1.54) is 23.9 Å². The Balaban J connectivity index is 1.70. The van der Waals surface area contributed by atoms with Gasteiger partial charge >= 0.3 is 0 Å². The van der Waals surface area contributed by atoms with E-state index in [1.807, 2.05) is 23.1 Å². The van der Waals surface area contributed by atoms with Crippen LogP contribution in [0.4, 0.5) is 10.1 Å². The first-order chi connectivity index (χ1) is 14.0. The third kappa shape index (κ3) is 3.72. The number of thioether (sulfide) groups is 1. The fourth-order valence-electron chi connectivity index (χ4n) is 3.62. The second kappa shape index (κ2) is 8.09. The summed E-state index contributed by atoms with van der Waals surface area (Å²) in [6.45, 7) is 0.334. The lowest BCUT2D eigenvalue weighted by Gasteiger charge is -2.42. The normalized spacial score (nSPS) is 19.1. The molecule has 0 aliphatic carbocycles. The van der Waals surface area contributed by atoms with Gasteiger partial charge in [-0.15, -0.1) is 0 Å². The average Bonchev–Trinajstić information content (AvgIpc) is 2.74. The van der Waals surface area contributed by atoms with Gasteiger partial charge in [-0.2, -0.15) is 5.26 Å². The van der Waals surface area contributed by atoms with Crippen LogP contribution in [0.1, 0.15) is 17.9 Å². The standard InChI is InChI=1S/C21H17BrFN3O2S/c1-28-19-7-2-13(22)8-17(19)16-9-20(27)26-11-25(12-29-21(26)18(16)10-24)15-5-3-14(23)4-6-15/h2-8,16H,9,11-12H2,1H3/t16-/m0/s1. The van der Waals surface area contributed by atoms with Crippen LogP contribution in [0, 0.1) is 17.1 Å². The molecule has 148 valence electrons. The summed E-state index contributed by atoms with van der Waals surface area (Å²) in [4.78, 5) is 16.7. The lowest BCUT2D eigenvalue weighted by Crippen LogP contribution is -2.47. The molecule has 2 aliphatic rings. The molecule has 29 heavy (non-hydrogen) atoms. The molecule has 1 saturated heterocycles. The molecule has 0 bridgehead atoms. The molecule has 8 heteroatoms. The van der Waals surface area contributed by atoms with E-state index in [1.54, 1.807) is 24.1 Å². The Morgan fingerprint density at radius 2 is 2.03 bits per heavy atom. The number of hydrogen-bond acceptors (Lipinski definition) is 5. The highest BCUT2D eigenvalue weighted by Gasteiger charge is 2.39. The van der Waals surface area contributed by atoms with Crippen LogP contribution >= 0.6 is 27.7 Å². The number of allylic oxidation sites excluding steroid dienone is 1. The molecule has 0 aromatic heterocycles. The van der Waals surface area contributed by atoms with Gasteiger partial charge in [-0.25, -0.2) is 4.39 Å². The zero-order chi connectivity index (χ0) is 20.5. The van der Waals surface area contributed by atoms with Crippen molar-refractivity contribution in [3.63, 3.8) is 0 Å². The van der Waals surface area contributed by atoms with Crippen LogP contribution in [0.15, 0.2) is 57.5 Å². The van der Waals surface area contributed by atoms with Crippen molar-refractivity contribution < 1.29 is 13.9 Å². The average molecular weight is 474 g/mol. The molecule has 0 spiro atoms. The van der Waals surface area contributed by atoms with E-state index in [-0.39, 0.29) is 24.1 Å². The number of carbonyl (C=O) groups is 1. The summed E-state index contributed by atoms with van der Waals surface area (Å²) in [5.41, 5.74) is 2.23. The number of amides is 1. The summed E-state index contributed by atoms with van der Waals surface area (Å²) in [6, 6.07) is 14.1. The smallest absolute Gasteiger partial charge is 0.229 e. The Morgan fingerprint density at radius 1 is 1.28 bits per heavy atom. The summed E-state index contributed by atoms with van der Waals surface area (Å²) < 4.78 is 19.6. The van der Waals surface area contributed by atoms with Crippen molar-refractivity contribution in [3.05, 3.63) is 68.9 Å². The first-order valence-corrected chi connectivity index (χ1v) is 10.7. The highest BCUT2D eigenvalue weighted by atomic mass is 79.9. The maximum Gasteiger partial charge on any atom is 0.229 e. The molecule has 0 unspecified atom stereocenters. The van der Waals surface area contributed by atoms with Gasteiger partial charge in [0.2, 0.25) is 5.91 Å².